The lowest BCUT2D eigenvalue weighted by Gasteiger charge is -2.33. The maximum Gasteiger partial charge on any atom is 0.304 e. The van der Waals surface area contributed by atoms with Crippen LogP contribution in [0.3, 0.4) is 0 Å². The van der Waals surface area contributed by atoms with E-state index in [1.165, 1.54) is 5.56 Å². The molecule has 0 radical (unpaired) electrons. The molecular formula is C14H20N2O2. The molecule has 0 amide bonds. The van der Waals surface area contributed by atoms with Gasteiger partial charge in [0.05, 0.1) is 6.42 Å². The number of nitrogens with zero attached hydrogens (tertiary/aromatic N) is 1. The van der Waals surface area contributed by atoms with Gasteiger partial charge in [0.1, 0.15) is 0 Å². The number of hydrogen-bond acceptors (Lipinski definition) is 3. The zero-order valence-corrected chi connectivity index (χ0v) is 10.5. The lowest BCUT2D eigenvalue weighted by atomic mass is 10.0. The molecule has 1 aliphatic heterocycles. The highest BCUT2D eigenvalue weighted by Crippen LogP contribution is 2.07. The highest BCUT2D eigenvalue weighted by molar-refractivity contribution is 5.66. The van der Waals surface area contributed by atoms with Gasteiger partial charge in [-0.15, -0.1) is 0 Å². The van der Waals surface area contributed by atoms with Gasteiger partial charge in [0.15, 0.2) is 0 Å². The Bertz CT molecular complexity index is 381. The Morgan fingerprint density at radius 1 is 1.39 bits per heavy atom. The molecule has 0 bridgehead atoms. The summed E-state index contributed by atoms with van der Waals surface area (Å²) in [5, 5.41) is 12.2. The maximum absolute atomic E-state index is 10.6. The quantitative estimate of drug-likeness (QED) is 0.815. The van der Waals surface area contributed by atoms with Crippen molar-refractivity contribution in [1.82, 2.24) is 10.2 Å². The predicted octanol–water partition coefficient (Wildman–Crippen LogP) is 0.978. The maximum atomic E-state index is 10.6. The second-order valence-electron chi connectivity index (χ2n) is 4.79. The summed E-state index contributed by atoms with van der Waals surface area (Å²) in [7, 11) is 0. The van der Waals surface area contributed by atoms with Crippen LogP contribution in [0.4, 0.5) is 0 Å². The van der Waals surface area contributed by atoms with E-state index in [0.717, 1.165) is 26.1 Å². The minimum absolute atomic E-state index is 0.234. The zero-order chi connectivity index (χ0) is 12.8. The molecule has 0 aliphatic carbocycles. The first-order chi connectivity index (χ1) is 8.74. The van der Waals surface area contributed by atoms with Gasteiger partial charge in [-0.1, -0.05) is 30.3 Å². The standard InChI is InChI=1S/C14H20N2O2/c17-14(18)6-8-16-9-7-15-13(11-16)10-12-4-2-1-3-5-12/h1-5,13,15H,6-11H2,(H,17,18). The van der Waals surface area contributed by atoms with Crippen LogP contribution in [0.2, 0.25) is 0 Å². The number of rotatable bonds is 5. The third-order valence-corrected chi connectivity index (χ3v) is 3.31. The van der Waals surface area contributed by atoms with Crippen LogP contribution in [0.25, 0.3) is 0 Å². The molecule has 0 aromatic heterocycles. The van der Waals surface area contributed by atoms with E-state index in [1.807, 2.05) is 6.07 Å². The van der Waals surface area contributed by atoms with Crippen molar-refractivity contribution in [3.63, 3.8) is 0 Å². The minimum Gasteiger partial charge on any atom is -0.481 e. The Labute approximate surface area is 108 Å². The van der Waals surface area contributed by atoms with Crippen LogP contribution >= 0.6 is 0 Å². The molecule has 18 heavy (non-hydrogen) atoms. The fraction of sp³-hybridized carbons (Fsp3) is 0.500. The Kier molecular flexibility index (Phi) is 4.73. The number of carboxylic acids is 1. The van der Waals surface area contributed by atoms with E-state index in [0.29, 0.717) is 12.6 Å². The molecule has 1 saturated heterocycles. The van der Waals surface area contributed by atoms with E-state index in [-0.39, 0.29) is 6.42 Å². The average Bonchev–Trinajstić information content (AvgIpc) is 2.38. The number of carbonyl (C=O) groups is 1. The van der Waals surface area contributed by atoms with Gasteiger partial charge in [0.2, 0.25) is 0 Å². The van der Waals surface area contributed by atoms with E-state index in [1.54, 1.807) is 0 Å². The van der Waals surface area contributed by atoms with Crippen LogP contribution in [0.15, 0.2) is 30.3 Å². The molecule has 0 saturated carbocycles. The summed E-state index contributed by atoms with van der Waals surface area (Å²) in [5.41, 5.74) is 1.33. The van der Waals surface area contributed by atoms with Crippen molar-refractivity contribution < 1.29 is 9.90 Å². The van der Waals surface area contributed by atoms with Crippen molar-refractivity contribution in [3.8, 4) is 0 Å². The molecule has 98 valence electrons. The Morgan fingerprint density at radius 3 is 2.89 bits per heavy atom. The number of aliphatic carboxylic acids is 1. The predicted molar refractivity (Wildman–Crippen MR) is 70.6 cm³/mol. The molecule has 1 aliphatic rings. The third-order valence-electron chi connectivity index (χ3n) is 3.31. The Morgan fingerprint density at radius 2 is 2.17 bits per heavy atom. The smallest absolute Gasteiger partial charge is 0.304 e. The molecule has 0 spiro atoms. The highest BCUT2D eigenvalue weighted by atomic mass is 16.4. The van der Waals surface area contributed by atoms with E-state index >= 15 is 0 Å². The van der Waals surface area contributed by atoms with Gasteiger partial charge in [-0.2, -0.15) is 0 Å². The summed E-state index contributed by atoms with van der Waals surface area (Å²) in [6.45, 7) is 3.47. The Hall–Kier alpha value is -1.39. The second kappa shape index (κ2) is 6.52. The van der Waals surface area contributed by atoms with Crippen molar-refractivity contribution in [2.75, 3.05) is 26.2 Å². The van der Waals surface area contributed by atoms with E-state index in [2.05, 4.69) is 34.5 Å². The molecule has 2 N–H and O–H groups in total. The second-order valence-corrected chi connectivity index (χ2v) is 4.79. The van der Waals surface area contributed by atoms with E-state index < -0.39 is 5.97 Å². The largest absolute Gasteiger partial charge is 0.481 e. The number of piperazine rings is 1. The highest BCUT2D eigenvalue weighted by Gasteiger charge is 2.19. The van der Waals surface area contributed by atoms with Gasteiger partial charge in [0.25, 0.3) is 0 Å². The molecule has 4 heteroatoms. The first kappa shape index (κ1) is 13.1. The van der Waals surface area contributed by atoms with Crippen molar-refractivity contribution >= 4 is 5.97 Å². The summed E-state index contributed by atoms with van der Waals surface area (Å²) >= 11 is 0. The van der Waals surface area contributed by atoms with Crippen LogP contribution in [-0.2, 0) is 11.2 Å². The van der Waals surface area contributed by atoms with Crippen LogP contribution in [-0.4, -0.2) is 48.2 Å². The molecule has 1 aromatic carbocycles. The molecule has 1 atom stereocenters. The van der Waals surface area contributed by atoms with Crippen LogP contribution < -0.4 is 5.32 Å². The lowest BCUT2D eigenvalue weighted by Crippen LogP contribution is -2.51. The van der Waals surface area contributed by atoms with Gasteiger partial charge in [-0.25, -0.2) is 0 Å². The molecule has 1 aromatic rings. The summed E-state index contributed by atoms with van der Waals surface area (Å²) in [5.74, 6) is -0.715. The van der Waals surface area contributed by atoms with Crippen molar-refractivity contribution in [1.29, 1.82) is 0 Å². The number of benzene rings is 1. The molecule has 1 heterocycles. The van der Waals surface area contributed by atoms with Gasteiger partial charge in [-0.3, -0.25) is 9.69 Å². The third kappa shape index (κ3) is 4.13. The molecule has 1 fully saturated rings. The monoisotopic (exact) mass is 248 g/mol. The van der Waals surface area contributed by atoms with Gasteiger partial charge in [0, 0.05) is 32.2 Å². The van der Waals surface area contributed by atoms with Gasteiger partial charge in [-0.05, 0) is 12.0 Å². The van der Waals surface area contributed by atoms with Crippen molar-refractivity contribution in [3.05, 3.63) is 35.9 Å². The SMILES string of the molecule is O=C(O)CCN1CCNC(Cc2ccccc2)C1. The first-order valence-corrected chi connectivity index (χ1v) is 6.45. The van der Waals surface area contributed by atoms with Crippen molar-refractivity contribution in [2.45, 2.75) is 18.9 Å². The summed E-state index contributed by atoms with van der Waals surface area (Å²) in [4.78, 5) is 12.8. The van der Waals surface area contributed by atoms with E-state index in [9.17, 15) is 4.79 Å². The summed E-state index contributed by atoms with van der Waals surface area (Å²) < 4.78 is 0. The van der Waals surface area contributed by atoms with E-state index in [4.69, 9.17) is 5.11 Å². The molecule has 4 nitrogen and oxygen atoms in total. The van der Waals surface area contributed by atoms with Crippen LogP contribution in [0.5, 0.6) is 0 Å². The number of carboxylic acid groups (broad SMARTS) is 1. The number of nitrogens with one attached hydrogen (secondary N) is 1. The fourth-order valence-corrected chi connectivity index (χ4v) is 2.39. The molecular weight excluding hydrogens is 228 g/mol. The molecule has 2 rings (SSSR count). The summed E-state index contributed by atoms with van der Waals surface area (Å²) in [6.07, 6.45) is 1.24. The molecule has 1 unspecified atom stereocenters. The van der Waals surface area contributed by atoms with Crippen molar-refractivity contribution in [2.24, 2.45) is 0 Å². The fourth-order valence-electron chi connectivity index (χ4n) is 2.39. The van der Waals surface area contributed by atoms with Gasteiger partial charge < -0.3 is 10.4 Å². The average molecular weight is 248 g/mol. The van der Waals surface area contributed by atoms with Crippen LogP contribution in [0, 0.1) is 0 Å². The van der Waals surface area contributed by atoms with Crippen LogP contribution in [0.1, 0.15) is 12.0 Å². The summed E-state index contributed by atoms with van der Waals surface area (Å²) in [6, 6.07) is 10.8. The zero-order valence-electron chi connectivity index (χ0n) is 10.5. The topological polar surface area (TPSA) is 52.6 Å². The normalized spacial score (nSPS) is 20.8. The minimum atomic E-state index is -0.715. The number of hydrogen-bond donors (Lipinski definition) is 2. The lowest BCUT2D eigenvalue weighted by molar-refractivity contribution is -0.137. The first-order valence-electron chi connectivity index (χ1n) is 6.45. The Balaban J connectivity index is 1.81. The van der Waals surface area contributed by atoms with Gasteiger partial charge >= 0.3 is 5.97 Å².